The van der Waals surface area contributed by atoms with Gasteiger partial charge in [0.25, 0.3) is 0 Å². The second-order valence-electron chi connectivity index (χ2n) is 4.94. The van der Waals surface area contributed by atoms with E-state index in [1.54, 1.807) is 0 Å². The van der Waals surface area contributed by atoms with Crippen molar-refractivity contribution in [2.75, 3.05) is 13.1 Å². The molecule has 0 amide bonds. The molecule has 1 saturated carbocycles. The van der Waals surface area contributed by atoms with E-state index in [-0.39, 0.29) is 11.7 Å². The lowest BCUT2D eigenvalue weighted by Crippen LogP contribution is -2.42. The van der Waals surface area contributed by atoms with Crippen LogP contribution in [0.25, 0.3) is 0 Å². The average molecular weight is 199 g/mol. The second-order valence-corrected chi connectivity index (χ2v) is 4.94. The van der Waals surface area contributed by atoms with Crippen molar-refractivity contribution in [3.05, 3.63) is 0 Å². The van der Waals surface area contributed by atoms with Gasteiger partial charge in [-0.05, 0) is 51.0 Å². The molecule has 3 nitrogen and oxygen atoms in total. The Labute approximate surface area is 85.5 Å². The summed E-state index contributed by atoms with van der Waals surface area (Å²) in [7, 11) is 0. The maximum Gasteiger partial charge on any atom is 0.0648 e. The fourth-order valence-corrected chi connectivity index (χ4v) is 2.49. The highest BCUT2D eigenvalue weighted by atomic mass is 16.3. The summed E-state index contributed by atoms with van der Waals surface area (Å²) in [5.41, 5.74) is -0.378. The van der Waals surface area contributed by atoms with Crippen LogP contribution in [0.2, 0.25) is 0 Å². The Morgan fingerprint density at radius 1 is 1.36 bits per heavy atom. The molecule has 1 saturated heterocycles. The lowest BCUT2D eigenvalue weighted by Gasteiger charge is -2.39. The predicted molar refractivity (Wildman–Crippen MR) is 55.0 cm³/mol. The summed E-state index contributed by atoms with van der Waals surface area (Å²) < 4.78 is 0. The molecular weight excluding hydrogens is 178 g/mol. The third-order valence-corrected chi connectivity index (χ3v) is 3.83. The summed E-state index contributed by atoms with van der Waals surface area (Å²) in [5, 5.41) is 23.0. The van der Waals surface area contributed by atoms with Crippen molar-refractivity contribution < 1.29 is 10.2 Å². The topological polar surface area (TPSA) is 52.5 Å². The SMILES string of the molecule is OC1CCNCC1CCC1(O)CCC1. The monoisotopic (exact) mass is 199 g/mol. The first kappa shape index (κ1) is 10.4. The minimum Gasteiger partial charge on any atom is -0.393 e. The van der Waals surface area contributed by atoms with Gasteiger partial charge in [-0.3, -0.25) is 0 Å². The molecule has 1 aliphatic heterocycles. The zero-order valence-corrected chi connectivity index (χ0v) is 8.71. The van der Waals surface area contributed by atoms with Crippen LogP contribution in [0.4, 0.5) is 0 Å². The molecular formula is C11H21NO2. The third kappa shape index (κ3) is 2.27. The maximum absolute atomic E-state index is 9.92. The van der Waals surface area contributed by atoms with Crippen LogP contribution >= 0.6 is 0 Å². The number of hydrogen-bond donors (Lipinski definition) is 3. The molecule has 1 heterocycles. The van der Waals surface area contributed by atoms with Gasteiger partial charge in [0.05, 0.1) is 11.7 Å². The van der Waals surface area contributed by atoms with Gasteiger partial charge in [-0.2, -0.15) is 0 Å². The lowest BCUT2D eigenvalue weighted by molar-refractivity contribution is -0.0504. The second kappa shape index (κ2) is 4.17. The first-order valence-electron chi connectivity index (χ1n) is 5.81. The highest BCUT2D eigenvalue weighted by Crippen LogP contribution is 2.37. The fraction of sp³-hybridized carbons (Fsp3) is 1.00. The van der Waals surface area contributed by atoms with Crippen molar-refractivity contribution in [1.29, 1.82) is 0 Å². The molecule has 82 valence electrons. The van der Waals surface area contributed by atoms with Crippen molar-refractivity contribution in [3.8, 4) is 0 Å². The van der Waals surface area contributed by atoms with E-state index in [1.807, 2.05) is 0 Å². The highest BCUT2D eigenvalue weighted by molar-refractivity contribution is 4.89. The van der Waals surface area contributed by atoms with Crippen LogP contribution < -0.4 is 5.32 Å². The minimum atomic E-state index is -0.378. The molecule has 2 atom stereocenters. The van der Waals surface area contributed by atoms with E-state index in [4.69, 9.17) is 0 Å². The predicted octanol–water partition coefficient (Wildman–Crippen LogP) is 0.652. The van der Waals surface area contributed by atoms with Gasteiger partial charge in [-0.1, -0.05) is 0 Å². The Hall–Kier alpha value is -0.120. The van der Waals surface area contributed by atoms with E-state index in [1.165, 1.54) is 6.42 Å². The van der Waals surface area contributed by atoms with Crippen LogP contribution in [0.15, 0.2) is 0 Å². The molecule has 2 fully saturated rings. The van der Waals surface area contributed by atoms with Crippen LogP contribution in [0.3, 0.4) is 0 Å². The summed E-state index contributed by atoms with van der Waals surface area (Å²) >= 11 is 0. The van der Waals surface area contributed by atoms with Crippen molar-refractivity contribution in [2.24, 2.45) is 5.92 Å². The standard InChI is InChI=1S/C11H21NO2/c13-10-3-7-12-8-9(10)2-6-11(14)4-1-5-11/h9-10,12-14H,1-8H2. The zero-order chi connectivity index (χ0) is 10.0. The van der Waals surface area contributed by atoms with Crippen LogP contribution in [0.1, 0.15) is 38.5 Å². The summed E-state index contributed by atoms with van der Waals surface area (Å²) in [4.78, 5) is 0. The van der Waals surface area contributed by atoms with Crippen molar-refractivity contribution >= 4 is 0 Å². The number of rotatable bonds is 3. The fourth-order valence-electron chi connectivity index (χ4n) is 2.49. The summed E-state index contributed by atoms with van der Waals surface area (Å²) in [6, 6.07) is 0. The van der Waals surface area contributed by atoms with Gasteiger partial charge in [0.2, 0.25) is 0 Å². The van der Waals surface area contributed by atoms with E-state index in [0.29, 0.717) is 5.92 Å². The minimum absolute atomic E-state index is 0.153. The molecule has 0 aromatic rings. The lowest BCUT2D eigenvalue weighted by atomic mass is 9.75. The summed E-state index contributed by atoms with van der Waals surface area (Å²) in [6.45, 7) is 1.85. The average Bonchev–Trinajstić information content (AvgIpc) is 2.14. The molecule has 1 aliphatic carbocycles. The first-order valence-corrected chi connectivity index (χ1v) is 5.81. The Bertz CT molecular complexity index is 192. The molecule has 0 spiro atoms. The van der Waals surface area contributed by atoms with Crippen LogP contribution in [-0.2, 0) is 0 Å². The number of nitrogens with one attached hydrogen (secondary N) is 1. The largest absolute Gasteiger partial charge is 0.393 e. The smallest absolute Gasteiger partial charge is 0.0648 e. The van der Waals surface area contributed by atoms with Gasteiger partial charge in [-0.25, -0.2) is 0 Å². The van der Waals surface area contributed by atoms with Gasteiger partial charge in [-0.15, -0.1) is 0 Å². The van der Waals surface area contributed by atoms with Crippen LogP contribution in [-0.4, -0.2) is 35.0 Å². The normalized spacial score (nSPS) is 36.4. The number of hydrogen-bond acceptors (Lipinski definition) is 3. The van der Waals surface area contributed by atoms with Gasteiger partial charge in [0.15, 0.2) is 0 Å². The molecule has 0 bridgehead atoms. The van der Waals surface area contributed by atoms with E-state index in [9.17, 15) is 10.2 Å². The van der Waals surface area contributed by atoms with Crippen LogP contribution in [0, 0.1) is 5.92 Å². The van der Waals surface area contributed by atoms with E-state index < -0.39 is 0 Å². The number of aliphatic hydroxyl groups is 2. The Morgan fingerprint density at radius 3 is 2.71 bits per heavy atom. The highest BCUT2D eigenvalue weighted by Gasteiger charge is 2.35. The summed E-state index contributed by atoms with van der Waals surface area (Å²) in [6.07, 6.45) is 5.64. The van der Waals surface area contributed by atoms with Crippen molar-refractivity contribution in [3.63, 3.8) is 0 Å². The number of piperidine rings is 1. The van der Waals surface area contributed by atoms with Crippen molar-refractivity contribution in [2.45, 2.75) is 50.2 Å². The van der Waals surface area contributed by atoms with Crippen molar-refractivity contribution in [1.82, 2.24) is 5.32 Å². The van der Waals surface area contributed by atoms with E-state index in [0.717, 1.165) is 45.2 Å². The van der Waals surface area contributed by atoms with E-state index in [2.05, 4.69) is 5.32 Å². The van der Waals surface area contributed by atoms with E-state index >= 15 is 0 Å². The maximum atomic E-state index is 9.92. The van der Waals surface area contributed by atoms with Gasteiger partial charge in [0.1, 0.15) is 0 Å². The Balaban J connectivity index is 1.73. The van der Waals surface area contributed by atoms with Gasteiger partial charge < -0.3 is 15.5 Å². The first-order chi connectivity index (χ1) is 6.70. The zero-order valence-electron chi connectivity index (χ0n) is 8.71. The molecule has 14 heavy (non-hydrogen) atoms. The molecule has 3 heteroatoms. The van der Waals surface area contributed by atoms with Gasteiger partial charge in [0, 0.05) is 6.54 Å². The number of aliphatic hydroxyl groups excluding tert-OH is 1. The molecule has 0 aromatic carbocycles. The quantitative estimate of drug-likeness (QED) is 0.625. The van der Waals surface area contributed by atoms with Gasteiger partial charge >= 0.3 is 0 Å². The molecule has 0 radical (unpaired) electrons. The third-order valence-electron chi connectivity index (χ3n) is 3.83. The molecule has 3 N–H and O–H groups in total. The molecule has 2 rings (SSSR count). The molecule has 2 aliphatic rings. The Morgan fingerprint density at radius 2 is 2.14 bits per heavy atom. The summed E-state index contributed by atoms with van der Waals surface area (Å²) in [5.74, 6) is 0.355. The molecule has 2 unspecified atom stereocenters. The molecule has 0 aromatic heterocycles. The van der Waals surface area contributed by atoms with Crippen LogP contribution in [0.5, 0.6) is 0 Å². The Kier molecular flexibility index (Phi) is 3.10.